The maximum Gasteiger partial charge on any atom is 0.416 e. The van der Waals surface area contributed by atoms with Crippen LogP contribution in [0.3, 0.4) is 0 Å². The van der Waals surface area contributed by atoms with Gasteiger partial charge in [0.2, 0.25) is 0 Å². The lowest BCUT2D eigenvalue weighted by Crippen LogP contribution is -2.49. The standard InChI is InChI=1S/C26H27F3N2O3S/c1-34-24-8-2-5-21(15-24)20-12-10-19(11-13-20)17-31-14-4-7-23(18-31)30-35(32,33)25-9-3-6-22(16-25)26(27,28)29/h2-3,5-6,8-13,15-16,23H,4,7,14,17-18H2,1H3,(H-,30,32,33). The number of alkyl halides is 3. The molecule has 1 fully saturated rings. The van der Waals surface area contributed by atoms with Crippen molar-refractivity contribution in [2.24, 2.45) is 0 Å². The summed E-state index contributed by atoms with van der Waals surface area (Å²) in [5.41, 5.74) is 2.23. The molecule has 1 heterocycles. The Morgan fingerprint density at radius 1 is 1.06 bits per heavy atom. The quantitative estimate of drug-likeness (QED) is 0.429. The van der Waals surface area contributed by atoms with E-state index >= 15 is 0 Å². The molecular formula is C26H27F3N2O3S. The molecule has 2 unspecified atom stereocenters. The zero-order valence-corrected chi connectivity index (χ0v) is 20.1. The van der Waals surface area contributed by atoms with Gasteiger partial charge in [-0.1, -0.05) is 46.7 Å². The van der Waals surface area contributed by atoms with Gasteiger partial charge in [0, 0.05) is 19.2 Å². The van der Waals surface area contributed by atoms with E-state index < -0.39 is 22.1 Å². The SMILES string of the molecule is COc1cccc(-c2ccc(CN3CCCC(N[S+](=O)([O-])c4cccc(C(F)(F)F)c4)C3)cc2)c1. The minimum atomic E-state index is -4.60. The minimum Gasteiger partial charge on any atom is -0.593 e. The second-order valence-electron chi connectivity index (χ2n) is 8.65. The summed E-state index contributed by atoms with van der Waals surface area (Å²) in [6.07, 6.45) is -3.18. The molecule has 1 aliphatic rings. The van der Waals surface area contributed by atoms with Crippen LogP contribution in [0.1, 0.15) is 24.0 Å². The predicted octanol–water partition coefficient (Wildman–Crippen LogP) is 5.54. The Morgan fingerprint density at radius 3 is 2.51 bits per heavy atom. The van der Waals surface area contributed by atoms with Gasteiger partial charge in [0.05, 0.1) is 18.7 Å². The highest BCUT2D eigenvalue weighted by Crippen LogP contribution is 2.31. The number of nitrogens with zero attached hydrogens (tertiary/aromatic N) is 1. The highest BCUT2D eigenvalue weighted by atomic mass is 32.3. The van der Waals surface area contributed by atoms with Crippen molar-refractivity contribution in [1.82, 2.24) is 9.62 Å². The number of nitrogens with one attached hydrogen (secondary N) is 1. The zero-order chi connectivity index (χ0) is 25.1. The second kappa shape index (κ2) is 10.5. The van der Waals surface area contributed by atoms with Crippen molar-refractivity contribution in [2.75, 3.05) is 20.2 Å². The van der Waals surface area contributed by atoms with Gasteiger partial charge in [0.25, 0.3) is 0 Å². The number of likely N-dealkylation sites (tertiary alicyclic amines) is 1. The number of rotatable bonds is 7. The molecule has 2 atom stereocenters. The van der Waals surface area contributed by atoms with Gasteiger partial charge in [-0.05, 0) is 60.3 Å². The predicted molar refractivity (Wildman–Crippen MR) is 128 cm³/mol. The summed E-state index contributed by atoms with van der Waals surface area (Å²) in [5, 5.41) is 0. The second-order valence-corrected chi connectivity index (χ2v) is 10.4. The molecule has 0 spiro atoms. The summed E-state index contributed by atoms with van der Waals surface area (Å²) in [6, 6.07) is 19.5. The van der Waals surface area contributed by atoms with Gasteiger partial charge in [0.1, 0.15) is 5.75 Å². The average molecular weight is 505 g/mol. The first kappa shape index (κ1) is 25.4. The highest BCUT2D eigenvalue weighted by Gasteiger charge is 2.34. The van der Waals surface area contributed by atoms with Crippen LogP contribution in [0.4, 0.5) is 13.2 Å². The van der Waals surface area contributed by atoms with Crippen LogP contribution in [0.15, 0.2) is 77.7 Å². The summed E-state index contributed by atoms with van der Waals surface area (Å²) in [6.45, 7) is 1.95. The monoisotopic (exact) mass is 504 g/mol. The zero-order valence-electron chi connectivity index (χ0n) is 19.3. The van der Waals surface area contributed by atoms with Crippen LogP contribution in [0, 0.1) is 0 Å². The van der Waals surface area contributed by atoms with Crippen LogP contribution >= 0.6 is 0 Å². The van der Waals surface area contributed by atoms with Crippen molar-refractivity contribution in [3.8, 4) is 16.9 Å². The van der Waals surface area contributed by atoms with Crippen LogP contribution in [-0.2, 0) is 27.3 Å². The molecule has 0 aliphatic carbocycles. The average Bonchev–Trinajstić information content (AvgIpc) is 2.84. The number of methoxy groups -OCH3 is 1. The summed E-state index contributed by atoms with van der Waals surface area (Å²) in [7, 11) is -2.44. The van der Waals surface area contributed by atoms with Gasteiger partial charge >= 0.3 is 6.18 Å². The van der Waals surface area contributed by atoms with E-state index in [2.05, 4.69) is 9.62 Å². The molecule has 4 rings (SSSR count). The first-order valence-electron chi connectivity index (χ1n) is 11.3. The van der Waals surface area contributed by atoms with Crippen molar-refractivity contribution in [3.05, 3.63) is 83.9 Å². The van der Waals surface area contributed by atoms with Crippen LogP contribution < -0.4 is 9.46 Å². The number of sulfonamides is 1. The van der Waals surface area contributed by atoms with E-state index in [-0.39, 0.29) is 10.9 Å². The molecule has 0 bridgehead atoms. The van der Waals surface area contributed by atoms with Gasteiger partial charge in [-0.2, -0.15) is 13.2 Å². The number of hydrogen-bond donors (Lipinski definition) is 1. The number of benzene rings is 3. The molecule has 0 saturated carbocycles. The smallest absolute Gasteiger partial charge is 0.416 e. The molecule has 0 amide bonds. The first-order chi connectivity index (χ1) is 16.6. The van der Waals surface area contributed by atoms with Crippen molar-refractivity contribution in [3.63, 3.8) is 0 Å². The van der Waals surface area contributed by atoms with E-state index in [1.807, 2.05) is 48.5 Å². The Labute approximate surface area is 204 Å². The number of hydrogen-bond acceptors (Lipinski definition) is 4. The molecule has 1 aliphatic heterocycles. The van der Waals surface area contributed by atoms with E-state index in [9.17, 15) is 21.9 Å². The Hall–Kier alpha value is -2.72. The molecule has 0 radical (unpaired) electrons. The molecule has 0 aromatic heterocycles. The summed E-state index contributed by atoms with van der Waals surface area (Å²) < 4.78 is 72.4. The minimum absolute atomic E-state index is 0.376. The molecule has 186 valence electrons. The fraction of sp³-hybridized carbons (Fsp3) is 0.308. The fourth-order valence-electron chi connectivity index (χ4n) is 4.29. The highest BCUT2D eigenvalue weighted by molar-refractivity contribution is 7.95. The molecule has 9 heteroatoms. The summed E-state index contributed by atoms with van der Waals surface area (Å²) in [5.74, 6) is 0.790. The molecule has 1 N–H and O–H groups in total. The van der Waals surface area contributed by atoms with Crippen LogP contribution in [0.5, 0.6) is 5.75 Å². The van der Waals surface area contributed by atoms with Crippen molar-refractivity contribution in [1.29, 1.82) is 0 Å². The van der Waals surface area contributed by atoms with E-state index in [1.54, 1.807) is 7.11 Å². The van der Waals surface area contributed by atoms with Crippen molar-refractivity contribution < 1.29 is 26.7 Å². The van der Waals surface area contributed by atoms with Gasteiger partial charge in [-0.15, -0.1) is 4.72 Å². The molecule has 5 nitrogen and oxygen atoms in total. The normalized spacial score (nSPS) is 18.7. The molecule has 3 aromatic carbocycles. The Morgan fingerprint density at radius 2 is 1.80 bits per heavy atom. The van der Waals surface area contributed by atoms with Crippen molar-refractivity contribution >= 4 is 10.4 Å². The third-order valence-corrected chi connectivity index (χ3v) is 7.58. The van der Waals surface area contributed by atoms with Gasteiger partial charge < -0.3 is 9.29 Å². The number of piperidine rings is 1. The third kappa shape index (κ3) is 6.49. The summed E-state index contributed by atoms with van der Waals surface area (Å²) in [4.78, 5) is 1.78. The lowest BCUT2D eigenvalue weighted by molar-refractivity contribution is -0.137. The maximum absolute atomic E-state index is 13.0. The van der Waals surface area contributed by atoms with Gasteiger partial charge in [-0.25, -0.2) is 0 Å². The first-order valence-corrected chi connectivity index (χ1v) is 12.8. The Balaban J connectivity index is 1.39. The van der Waals surface area contributed by atoms with Crippen LogP contribution in [-0.4, -0.2) is 35.7 Å². The maximum atomic E-state index is 13.0. The molecule has 35 heavy (non-hydrogen) atoms. The number of halogens is 3. The van der Waals surface area contributed by atoms with E-state index in [0.29, 0.717) is 25.6 Å². The third-order valence-electron chi connectivity index (χ3n) is 6.06. The van der Waals surface area contributed by atoms with Crippen molar-refractivity contribution in [2.45, 2.75) is 36.5 Å². The van der Waals surface area contributed by atoms with Gasteiger partial charge in [-0.3, -0.25) is 4.90 Å². The number of ether oxygens (including phenoxy) is 1. The lowest BCUT2D eigenvalue weighted by atomic mass is 10.0. The molecule has 3 aromatic rings. The van der Waals surface area contributed by atoms with Crippen LogP contribution in [0.25, 0.3) is 11.1 Å². The van der Waals surface area contributed by atoms with E-state index in [1.165, 1.54) is 6.07 Å². The molecular weight excluding hydrogens is 477 g/mol. The Bertz CT molecular complexity index is 1200. The molecule has 1 saturated heterocycles. The topological polar surface area (TPSA) is 64.6 Å². The largest absolute Gasteiger partial charge is 0.593 e. The summed E-state index contributed by atoms with van der Waals surface area (Å²) >= 11 is 0. The van der Waals surface area contributed by atoms with E-state index in [4.69, 9.17) is 4.74 Å². The lowest BCUT2D eigenvalue weighted by Gasteiger charge is -2.33. The fourth-order valence-corrected chi connectivity index (χ4v) is 5.59. The van der Waals surface area contributed by atoms with Crippen LogP contribution in [0.2, 0.25) is 0 Å². The Kier molecular flexibility index (Phi) is 7.61. The van der Waals surface area contributed by atoms with E-state index in [0.717, 1.165) is 47.5 Å². The van der Waals surface area contributed by atoms with Gasteiger partial charge in [0.15, 0.2) is 15.3 Å².